The van der Waals surface area contributed by atoms with Crippen molar-refractivity contribution in [2.24, 2.45) is 0 Å². The average Bonchev–Trinajstić information content (AvgIpc) is 3.23. The first-order chi connectivity index (χ1) is 9.95. The van der Waals surface area contributed by atoms with Gasteiger partial charge in [-0.15, -0.1) is 11.8 Å². The Hall–Kier alpha value is -1.76. The lowest BCUT2D eigenvalue weighted by atomic mass is 10.3. The Kier molecular flexibility index (Phi) is 5.06. The molecule has 0 bridgehead atoms. The van der Waals surface area contributed by atoms with Crippen molar-refractivity contribution in [2.45, 2.75) is 23.8 Å². The van der Waals surface area contributed by atoms with E-state index in [0.29, 0.717) is 4.90 Å². The second kappa shape index (κ2) is 6.80. The van der Waals surface area contributed by atoms with E-state index in [1.165, 1.54) is 28.8 Å². The Bertz CT molecular complexity index is 549. The number of amides is 2. The van der Waals surface area contributed by atoms with Crippen molar-refractivity contribution < 1.29 is 14.0 Å². The third-order valence-corrected chi connectivity index (χ3v) is 4.06. The maximum atomic E-state index is 13.3. The minimum absolute atomic E-state index is 0.0476. The Balaban J connectivity index is 1.77. The third-order valence-electron chi connectivity index (χ3n) is 3.08. The summed E-state index contributed by atoms with van der Waals surface area (Å²) in [5.41, 5.74) is 5.47. The number of halogens is 1. The number of anilines is 1. The van der Waals surface area contributed by atoms with Crippen LogP contribution in [0.5, 0.6) is 0 Å². The van der Waals surface area contributed by atoms with Gasteiger partial charge >= 0.3 is 0 Å². The van der Waals surface area contributed by atoms with E-state index >= 15 is 0 Å². The summed E-state index contributed by atoms with van der Waals surface area (Å²) in [7, 11) is 1.58. The number of likely N-dealkylation sites (N-methyl/N-ethyl adjacent to an activating group) is 1. The molecule has 2 rings (SSSR count). The second-order valence-corrected chi connectivity index (χ2v) is 6.11. The van der Waals surface area contributed by atoms with Crippen LogP contribution in [0, 0.1) is 5.82 Å². The zero-order chi connectivity index (χ0) is 15.4. The van der Waals surface area contributed by atoms with Crippen LogP contribution in [0.2, 0.25) is 0 Å². The molecule has 1 aliphatic carbocycles. The maximum Gasteiger partial charge on any atom is 0.239 e. The fourth-order valence-corrected chi connectivity index (χ4v) is 2.52. The monoisotopic (exact) mass is 311 g/mol. The molecule has 3 N–H and O–H groups in total. The minimum Gasteiger partial charge on any atom is -0.396 e. The summed E-state index contributed by atoms with van der Waals surface area (Å²) < 4.78 is 13.3. The number of benzene rings is 1. The summed E-state index contributed by atoms with van der Waals surface area (Å²) >= 11 is 1.21. The predicted octanol–water partition coefficient (Wildman–Crippen LogP) is 1.24. The molecule has 0 heterocycles. The van der Waals surface area contributed by atoms with E-state index < -0.39 is 5.82 Å². The number of rotatable bonds is 6. The number of carbonyl (C=O) groups excluding carboxylic acids is 2. The van der Waals surface area contributed by atoms with Crippen LogP contribution >= 0.6 is 11.8 Å². The second-order valence-electron chi connectivity index (χ2n) is 5.06. The highest BCUT2D eigenvalue weighted by molar-refractivity contribution is 8.00. The molecule has 1 aliphatic rings. The van der Waals surface area contributed by atoms with Crippen LogP contribution in [-0.4, -0.2) is 42.1 Å². The predicted molar refractivity (Wildman–Crippen MR) is 80.3 cm³/mol. The van der Waals surface area contributed by atoms with Crippen molar-refractivity contribution in [3.8, 4) is 0 Å². The SMILES string of the molecule is CN(CC(=O)NC1CC1)C(=O)CSc1ccc(N)c(F)c1. The largest absolute Gasteiger partial charge is 0.396 e. The Morgan fingerprint density at radius 2 is 2.19 bits per heavy atom. The number of nitrogens with zero attached hydrogens (tertiary/aromatic N) is 1. The summed E-state index contributed by atoms with van der Waals surface area (Å²) in [5, 5.41) is 2.82. The molecule has 7 heteroatoms. The van der Waals surface area contributed by atoms with E-state index in [0.717, 1.165) is 12.8 Å². The maximum absolute atomic E-state index is 13.3. The Morgan fingerprint density at radius 3 is 2.81 bits per heavy atom. The normalized spacial score (nSPS) is 13.8. The molecule has 0 atom stereocenters. The van der Waals surface area contributed by atoms with E-state index in [9.17, 15) is 14.0 Å². The number of nitrogens with two attached hydrogens (primary N) is 1. The molecule has 114 valence electrons. The number of hydrogen-bond acceptors (Lipinski definition) is 4. The van der Waals surface area contributed by atoms with Gasteiger partial charge in [0.1, 0.15) is 5.82 Å². The van der Waals surface area contributed by atoms with Crippen LogP contribution in [0.25, 0.3) is 0 Å². The van der Waals surface area contributed by atoms with Gasteiger partial charge < -0.3 is 16.0 Å². The Labute approximate surface area is 127 Å². The van der Waals surface area contributed by atoms with Crippen molar-refractivity contribution in [3.63, 3.8) is 0 Å². The number of carbonyl (C=O) groups is 2. The molecule has 2 amide bonds. The van der Waals surface area contributed by atoms with Gasteiger partial charge in [0.15, 0.2) is 0 Å². The zero-order valence-electron chi connectivity index (χ0n) is 11.8. The van der Waals surface area contributed by atoms with Crippen LogP contribution in [-0.2, 0) is 9.59 Å². The number of nitrogens with one attached hydrogen (secondary N) is 1. The first kappa shape index (κ1) is 15.6. The molecule has 1 saturated carbocycles. The van der Waals surface area contributed by atoms with Gasteiger partial charge in [-0.25, -0.2) is 4.39 Å². The number of hydrogen-bond donors (Lipinski definition) is 2. The lowest BCUT2D eigenvalue weighted by Crippen LogP contribution is -2.39. The molecule has 1 aromatic carbocycles. The van der Waals surface area contributed by atoms with E-state index in [2.05, 4.69) is 5.32 Å². The van der Waals surface area contributed by atoms with Crippen molar-refractivity contribution in [1.82, 2.24) is 10.2 Å². The van der Waals surface area contributed by atoms with Gasteiger partial charge in [-0.2, -0.15) is 0 Å². The zero-order valence-corrected chi connectivity index (χ0v) is 12.6. The molecule has 0 saturated heterocycles. The van der Waals surface area contributed by atoms with Crippen molar-refractivity contribution in [3.05, 3.63) is 24.0 Å². The molecular formula is C14H18FN3O2S. The highest BCUT2D eigenvalue weighted by Gasteiger charge is 2.24. The smallest absolute Gasteiger partial charge is 0.239 e. The lowest BCUT2D eigenvalue weighted by molar-refractivity contribution is -0.132. The van der Waals surface area contributed by atoms with Crippen LogP contribution in [0.4, 0.5) is 10.1 Å². The number of nitrogen functional groups attached to an aromatic ring is 1. The summed E-state index contributed by atoms with van der Waals surface area (Å²) in [6.07, 6.45) is 2.03. The summed E-state index contributed by atoms with van der Waals surface area (Å²) in [6, 6.07) is 4.71. The highest BCUT2D eigenvalue weighted by Crippen LogP contribution is 2.22. The average molecular weight is 311 g/mol. The van der Waals surface area contributed by atoms with Gasteiger partial charge in [-0.1, -0.05) is 0 Å². The van der Waals surface area contributed by atoms with Gasteiger partial charge in [0.25, 0.3) is 0 Å². The first-order valence-electron chi connectivity index (χ1n) is 6.67. The van der Waals surface area contributed by atoms with Crippen LogP contribution in [0.15, 0.2) is 23.1 Å². The van der Waals surface area contributed by atoms with E-state index in [4.69, 9.17) is 5.73 Å². The molecule has 0 radical (unpaired) electrons. The molecule has 21 heavy (non-hydrogen) atoms. The van der Waals surface area contributed by atoms with Crippen LogP contribution in [0.1, 0.15) is 12.8 Å². The van der Waals surface area contributed by atoms with Gasteiger partial charge in [-0.3, -0.25) is 9.59 Å². The standard InChI is InChI=1S/C14H18FN3O2S/c1-18(7-13(19)17-9-2-3-9)14(20)8-21-10-4-5-12(16)11(15)6-10/h4-6,9H,2-3,7-8,16H2,1H3,(H,17,19). The van der Waals surface area contributed by atoms with Crippen molar-refractivity contribution in [1.29, 1.82) is 0 Å². The van der Waals surface area contributed by atoms with E-state index in [1.807, 2.05) is 0 Å². The molecule has 1 fully saturated rings. The van der Waals surface area contributed by atoms with Gasteiger partial charge in [0.2, 0.25) is 11.8 Å². The molecule has 0 aliphatic heterocycles. The lowest BCUT2D eigenvalue weighted by Gasteiger charge is -2.16. The van der Waals surface area contributed by atoms with Crippen LogP contribution in [0.3, 0.4) is 0 Å². The van der Waals surface area contributed by atoms with E-state index in [-0.39, 0.29) is 35.8 Å². The first-order valence-corrected chi connectivity index (χ1v) is 7.65. The fourth-order valence-electron chi connectivity index (χ4n) is 1.66. The fraction of sp³-hybridized carbons (Fsp3) is 0.429. The molecule has 0 aromatic heterocycles. The molecule has 0 spiro atoms. The van der Waals surface area contributed by atoms with Crippen molar-refractivity contribution in [2.75, 3.05) is 25.1 Å². The summed E-state index contributed by atoms with van der Waals surface area (Å²) in [4.78, 5) is 25.5. The molecule has 0 unspecified atom stereocenters. The van der Waals surface area contributed by atoms with Gasteiger partial charge in [-0.05, 0) is 31.0 Å². The Morgan fingerprint density at radius 1 is 1.48 bits per heavy atom. The number of thioether (sulfide) groups is 1. The van der Waals surface area contributed by atoms with Gasteiger partial charge in [0, 0.05) is 18.0 Å². The van der Waals surface area contributed by atoms with Crippen LogP contribution < -0.4 is 11.1 Å². The minimum atomic E-state index is -0.496. The summed E-state index contributed by atoms with van der Waals surface area (Å²) in [5.74, 6) is -0.666. The molecule has 5 nitrogen and oxygen atoms in total. The van der Waals surface area contributed by atoms with Gasteiger partial charge in [0.05, 0.1) is 18.0 Å². The molecule has 1 aromatic rings. The molecular weight excluding hydrogens is 293 g/mol. The third kappa shape index (κ3) is 4.93. The quantitative estimate of drug-likeness (QED) is 0.612. The summed E-state index contributed by atoms with van der Waals surface area (Å²) in [6.45, 7) is 0.0476. The van der Waals surface area contributed by atoms with Crippen molar-refractivity contribution >= 4 is 29.3 Å². The van der Waals surface area contributed by atoms with E-state index in [1.54, 1.807) is 13.1 Å². The topological polar surface area (TPSA) is 75.4 Å². The highest BCUT2D eigenvalue weighted by atomic mass is 32.2.